The second-order valence-electron chi connectivity index (χ2n) is 5.54. The van der Waals surface area contributed by atoms with Crippen LogP contribution in [0.25, 0.3) is 0 Å². The van der Waals surface area contributed by atoms with Gasteiger partial charge >= 0.3 is 0 Å². The zero-order valence-corrected chi connectivity index (χ0v) is 13.7. The summed E-state index contributed by atoms with van der Waals surface area (Å²) in [7, 11) is 0. The highest BCUT2D eigenvalue weighted by Gasteiger charge is 2.07. The van der Waals surface area contributed by atoms with Crippen molar-refractivity contribution in [3.8, 4) is 6.07 Å². The van der Waals surface area contributed by atoms with Crippen molar-refractivity contribution in [1.82, 2.24) is 4.98 Å². The van der Waals surface area contributed by atoms with E-state index in [4.69, 9.17) is 5.26 Å². The third-order valence-electron chi connectivity index (χ3n) is 3.61. The molecule has 0 saturated carbocycles. The standard InChI is InChI=1S/C20H16N4O/c1-14-5-4-7-15(11-14)20(25)23-17-9-10-19(22-13-17)24-18-8-3-2-6-16(18)12-21/h2-11,13H,1H3,(H,22,24)(H,23,25). The summed E-state index contributed by atoms with van der Waals surface area (Å²) in [4.78, 5) is 16.5. The maximum Gasteiger partial charge on any atom is 0.255 e. The molecule has 2 aromatic carbocycles. The molecular formula is C20H16N4O. The monoisotopic (exact) mass is 328 g/mol. The number of benzene rings is 2. The average molecular weight is 328 g/mol. The van der Waals surface area contributed by atoms with Gasteiger partial charge in [-0.05, 0) is 43.3 Å². The van der Waals surface area contributed by atoms with E-state index in [1.165, 1.54) is 0 Å². The summed E-state index contributed by atoms with van der Waals surface area (Å²) < 4.78 is 0. The maximum atomic E-state index is 12.2. The number of rotatable bonds is 4. The van der Waals surface area contributed by atoms with Crippen molar-refractivity contribution >= 4 is 23.1 Å². The van der Waals surface area contributed by atoms with Gasteiger partial charge in [0.05, 0.1) is 23.1 Å². The Morgan fingerprint density at radius 2 is 1.92 bits per heavy atom. The molecule has 0 atom stereocenters. The number of nitrogens with one attached hydrogen (secondary N) is 2. The molecule has 0 saturated heterocycles. The van der Waals surface area contributed by atoms with E-state index in [0.29, 0.717) is 28.3 Å². The molecule has 3 rings (SSSR count). The van der Waals surface area contributed by atoms with E-state index in [1.807, 2.05) is 37.3 Å². The van der Waals surface area contributed by atoms with Crippen LogP contribution in [0, 0.1) is 18.3 Å². The molecule has 0 aliphatic heterocycles. The number of aryl methyl sites for hydroxylation is 1. The second-order valence-corrected chi connectivity index (χ2v) is 5.54. The number of carbonyl (C=O) groups is 1. The van der Waals surface area contributed by atoms with Crippen molar-refractivity contribution in [3.63, 3.8) is 0 Å². The number of hydrogen-bond donors (Lipinski definition) is 2. The Bertz CT molecular complexity index is 942. The van der Waals surface area contributed by atoms with E-state index in [1.54, 1.807) is 36.5 Å². The summed E-state index contributed by atoms with van der Waals surface area (Å²) in [5.41, 5.74) is 3.47. The van der Waals surface area contributed by atoms with Crippen molar-refractivity contribution in [2.75, 3.05) is 10.6 Å². The summed E-state index contributed by atoms with van der Waals surface area (Å²) in [6, 6.07) is 20.2. The van der Waals surface area contributed by atoms with Crippen LogP contribution < -0.4 is 10.6 Å². The summed E-state index contributed by atoms with van der Waals surface area (Å²) >= 11 is 0. The molecule has 3 aromatic rings. The van der Waals surface area contributed by atoms with Gasteiger partial charge in [-0.15, -0.1) is 0 Å². The molecule has 0 aliphatic rings. The number of para-hydroxylation sites is 1. The molecule has 2 N–H and O–H groups in total. The van der Waals surface area contributed by atoms with E-state index in [2.05, 4.69) is 21.7 Å². The zero-order valence-electron chi connectivity index (χ0n) is 13.7. The minimum absolute atomic E-state index is 0.180. The van der Waals surface area contributed by atoms with Crippen LogP contribution in [-0.4, -0.2) is 10.9 Å². The van der Waals surface area contributed by atoms with Crippen LogP contribution >= 0.6 is 0 Å². The van der Waals surface area contributed by atoms with E-state index in [9.17, 15) is 4.79 Å². The number of nitriles is 1. The normalized spacial score (nSPS) is 9.92. The first-order valence-electron chi connectivity index (χ1n) is 7.76. The lowest BCUT2D eigenvalue weighted by atomic mass is 10.1. The Hall–Kier alpha value is -3.65. The van der Waals surface area contributed by atoms with Crippen molar-refractivity contribution in [2.24, 2.45) is 0 Å². The van der Waals surface area contributed by atoms with Crippen molar-refractivity contribution in [3.05, 3.63) is 83.6 Å². The predicted molar refractivity (Wildman–Crippen MR) is 97.8 cm³/mol. The van der Waals surface area contributed by atoms with Crippen LogP contribution in [0.2, 0.25) is 0 Å². The first-order chi connectivity index (χ1) is 12.2. The fraction of sp³-hybridized carbons (Fsp3) is 0.0500. The maximum absolute atomic E-state index is 12.2. The molecule has 0 radical (unpaired) electrons. The van der Waals surface area contributed by atoms with Crippen LogP contribution in [0.15, 0.2) is 66.9 Å². The minimum Gasteiger partial charge on any atom is -0.339 e. The van der Waals surface area contributed by atoms with Gasteiger partial charge in [0.15, 0.2) is 0 Å². The summed E-state index contributed by atoms with van der Waals surface area (Å²) in [6.45, 7) is 1.94. The van der Waals surface area contributed by atoms with Gasteiger partial charge in [0.25, 0.3) is 5.91 Å². The Labute approximate surface area is 146 Å². The SMILES string of the molecule is Cc1cccc(C(=O)Nc2ccc(Nc3ccccc3C#N)nc2)c1. The van der Waals surface area contributed by atoms with Gasteiger partial charge in [-0.3, -0.25) is 4.79 Å². The molecule has 5 heteroatoms. The smallest absolute Gasteiger partial charge is 0.255 e. The van der Waals surface area contributed by atoms with E-state index in [-0.39, 0.29) is 5.91 Å². The van der Waals surface area contributed by atoms with Crippen molar-refractivity contribution in [1.29, 1.82) is 5.26 Å². The Morgan fingerprint density at radius 1 is 1.08 bits per heavy atom. The second kappa shape index (κ2) is 7.28. The molecule has 1 aromatic heterocycles. The number of amides is 1. The third-order valence-corrected chi connectivity index (χ3v) is 3.61. The lowest BCUT2D eigenvalue weighted by Gasteiger charge is -2.09. The predicted octanol–water partition coefficient (Wildman–Crippen LogP) is 4.26. The first-order valence-corrected chi connectivity index (χ1v) is 7.76. The van der Waals surface area contributed by atoms with Crippen molar-refractivity contribution in [2.45, 2.75) is 6.92 Å². The highest BCUT2D eigenvalue weighted by Crippen LogP contribution is 2.20. The van der Waals surface area contributed by atoms with Crippen molar-refractivity contribution < 1.29 is 4.79 Å². The Morgan fingerprint density at radius 3 is 2.64 bits per heavy atom. The fourth-order valence-corrected chi connectivity index (χ4v) is 2.36. The Kier molecular flexibility index (Phi) is 4.72. The number of anilines is 3. The summed E-state index contributed by atoms with van der Waals surface area (Å²) in [6.07, 6.45) is 1.57. The third kappa shape index (κ3) is 4.01. The van der Waals surface area contributed by atoms with Crippen LogP contribution in [-0.2, 0) is 0 Å². The van der Waals surface area contributed by atoms with Gasteiger partial charge in [0, 0.05) is 5.56 Å². The van der Waals surface area contributed by atoms with E-state index < -0.39 is 0 Å². The number of hydrogen-bond acceptors (Lipinski definition) is 4. The Balaban J connectivity index is 1.70. The molecular weight excluding hydrogens is 312 g/mol. The number of aromatic nitrogens is 1. The highest BCUT2D eigenvalue weighted by molar-refractivity contribution is 6.04. The topological polar surface area (TPSA) is 77.8 Å². The minimum atomic E-state index is -0.180. The molecule has 25 heavy (non-hydrogen) atoms. The summed E-state index contributed by atoms with van der Waals surface area (Å²) in [5, 5.41) is 15.0. The molecule has 1 heterocycles. The number of nitrogens with zero attached hydrogens (tertiary/aromatic N) is 2. The largest absolute Gasteiger partial charge is 0.339 e. The molecule has 1 amide bonds. The van der Waals surface area contributed by atoms with E-state index in [0.717, 1.165) is 5.56 Å². The lowest BCUT2D eigenvalue weighted by Crippen LogP contribution is -2.12. The molecule has 122 valence electrons. The molecule has 0 aliphatic carbocycles. The van der Waals surface area contributed by atoms with Gasteiger partial charge in [-0.1, -0.05) is 29.8 Å². The zero-order chi connectivity index (χ0) is 17.6. The van der Waals surface area contributed by atoms with Gasteiger partial charge in [0.2, 0.25) is 0 Å². The number of pyridine rings is 1. The molecule has 0 spiro atoms. The van der Waals surface area contributed by atoms with Crippen LogP contribution in [0.4, 0.5) is 17.2 Å². The molecule has 0 fully saturated rings. The van der Waals surface area contributed by atoms with Crippen LogP contribution in [0.3, 0.4) is 0 Å². The van der Waals surface area contributed by atoms with Crippen LogP contribution in [0.5, 0.6) is 0 Å². The fourth-order valence-electron chi connectivity index (χ4n) is 2.36. The molecule has 0 unspecified atom stereocenters. The lowest BCUT2D eigenvalue weighted by molar-refractivity contribution is 0.102. The van der Waals surface area contributed by atoms with Crippen LogP contribution in [0.1, 0.15) is 21.5 Å². The molecule has 5 nitrogen and oxygen atoms in total. The molecule has 0 bridgehead atoms. The number of carbonyl (C=O) groups excluding carboxylic acids is 1. The van der Waals surface area contributed by atoms with E-state index >= 15 is 0 Å². The highest BCUT2D eigenvalue weighted by atomic mass is 16.1. The quantitative estimate of drug-likeness (QED) is 0.750. The van der Waals surface area contributed by atoms with Gasteiger partial charge < -0.3 is 10.6 Å². The summed E-state index contributed by atoms with van der Waals surface area (Å²) in [5.74, 6) is 0.414. The van der Waals surface area contributed by atoms with Gasteiger partial charge in [0.1, 0.15) is 11.9 Å². The average Bonchev–Trinajstić information content (AvgIpc) is 2.64. The first kappa shape index (κ1) is 16.2. The van der Waals surface area contributed by atoms with Gasteiger partial charge in [-0.25, -0.2) is 4.98 Å². The van der Waals surface area contributed by atoms with Gasteiger partial charge in [-0.2, -0.15) is 5.26 Å².